The van der Waals surface area contributed by atoms with Crippen molar-refractivity contribution in [3.05, 3.63) is 18.2 Å². The Hall–Kier alpha value is -1.38. The molecule has 3 nitrogen and oxygen atoms in total. The van der Waals surface area contributed by atoms with Crippen LogP contribution in [0.5, 0.6) is 17.2 Å². The second-order valence-corrected chi connectivity index (χ2v) is 20.0. The van der Waals surface area contributed by atoms with Gasteiger partial charge in [0.15, 0.2) is 11.5 Å². The second kappa shape index (κ2) is 51.6. The lowest BCUT2D eigenvalue weighted by Gasteiger charge is -2.17. The van der Waals surface area contributed by atoms with Gasteiger partial charge in [-0.15, -0.1) is 0 Å². The zero-order valence-corrected chi connectivity index (χ0v) is 43.4. The van der Waals surface area contributed by atoms with E-state index < -0.39 is 0 Å². The van der Waals surface area contributed by atoms with Crippen LogP contribution >= 0.6 is 0 Å². The summed E-state index contributed by atoms with van der Waals surface area (Å²) in [6.45, 7) is 9.11. The van der Waals surface area contributed by atoms with Crippen molar-refractivity contribution in [2.24, 2.45) is 0 Å². The third-order valence-corrected chi connectivity index (χ3v) is 13.6. The number of benzene rings is 1. The fourth-order valence-corrected chi connectivity index (χ4v) is 9.28. The van der Waals surface area contributed by atoms with Crippen molar-refractivity contribution in [3.8, 4) is 17.2 Å². The first-order chi connectivity index (χ1) is 31.3. The van der Waals surface area contributed by atoms with Crippen LogP contribution in [-0.4, -0.2) is 19.8 Å². The zero-order valence-electron chi connectivity index (χ0n) is 43.4. The third kappa shape index (κ3) is 43.0. The lowest BCUT2D eigenvalue weighted by Crippen LogP contribution is -2.06. The summed E-state index contributed by atoms with van der Waals surface area (Å²) in [5.41, 5.74) is 0. The minimum atomic E-state index is 0.723. The predicted molar refractivity (Wildman–Crippen MR) is 280 cm³/mol. The highest BCUT2D eigenvalue weighted by atomic mass is 16.5. The highest BCUT2D eigenvalue weighted by Gasteiger charge is 2.14. The van der Waals surface area contributed by atoms with Gasteiger partial charge in [0, 0.05) is 6.07 Å². The second-order valence-electron chi connectivity index (χ2n) is 20.0. The van der Waals surface area contributed by atoms with Gasteiger partial charge in [-0.05, 0) is 31.4 Å². The fraction of sp³-hybridized carbons (Fsp3) is 0.900. The molecule has 0 aliphatic heterocycles. The average molecular weight is 883 g/mol. The summed E-state index contributed by atoms with van der Waals surface area (Å²) in [6, 6.07) is 7.37. The summed E-state index contributed by atoms with van der Waals surface area (Å²) in [5, 5.41) is 0. The van der Waals surface area contributed by atoms with Gasteiger partial charge >= 0.3 is 0 Å². The van der Waals surface area contributed by atoms with E-state index in [0.717, 1.165) is 56.3 Å². The molecule has 0 unspecified atom stereocenters. The minimum Gasteiger partial charge on any atom is -0.490 e. The lowest BCUT2D eigenvalue weighted by atomic mass is 10.0. The zero-order chi connectivity index (χ0) is 45.0. The van der Waals surface area contributed by atoms with E-state index >= 15 is 0 Å². The summed E-state index contributed by atoms with van der Waals surface area (Å²) in [7, 11) is 0. The maximum absolute atomic E-state index is 6.47. The molecule has 0 amide bonds. The summed E-state index contributed by atoms with van der Waals surface area (Å²) in [6.07, 6.45) is 66.4. The molecule has 63 heavy (non-hydrogen) atoms. The molecule has 0 saturated carbocycles. The standard InChI is InChI=1S/C60H113O3/c1-4-7-10-13-16-19-22-25-28-31-34-37-40-43-46-49-55-61-58-53-52-54-59(62-56-50-47-44-41-38-35-32-29-26-23-20-17-14-11-8-5-2)60(58)63-57-51-48-45-42-39-36-33-30-27-24-21-18-15-12-9-6-3/h52-53H,4-51,55-57H2,1-3H3. The van der Waals surface area contributed by atoms with Gasteiger partial charge in [0.05, 0.1) is 19.8 Å². The minimum absolute atomic E-state index is 0.723. The maximum atomic E-state index is 6.47. The first-order valence-corrected chi connectivity index (χ1v) is 29.3. The van der Waals surface area contributed by atoms with E-state index in [1.165, 1.54) is 289 Å². The van der Waals surface area contributed by atoms with Crippen molar-refractivity contribution >= 4 is 0 Å². The molecule has 1 radical (unpaired) electrons. The van der Waals surface area contributed by atoms with Crippen molar-refractivity contribution < 1.29 is 14.2 Å². The van der Waals surface area contributed by atoms with Gasteiger partial charge in [0.2, 0.25) is 5.75 Å². The van der Waals surface area contributed by atoms with E-state index in [9.17, 15) is 0 Å². The van der Waals surface area contributed by atoms with Crippen molar-refractivity contribution in [1.29, 1.82) is 0 Å². The first-order valence-electron chi connectivity index (χ1n) is 29.3. The predicted octanol–water partition coefficient (Wildman–Crippen LogP) is 21.4. The molecule has 0 N–H and O–H groups in total. The topological polar surface area (TPSA) is 27.7 Å². The number of ether oxygens (including phenoxy) is 3. The molecule has 0 aliphatic carbocycles. The van der Waals surface area contributed by atoms with E-state index in [1.807, 2.05) is 12.1 Å². The van der Waals surface area contributed by atoms with Crippen LogP contribution in [0.4, 0.5) is 0 Å². The summed E-state index contributed by atoms with van der Waals surface area (Å²) >= 11 is 0. The molecule has 0 atom stereocenters. The van der Waals surface area contributed by atoms with E-state index in [2.05, 4.69) is 26.8 Å². The highest BCUT2D eigenvalue weighted by Crippen LogP contribution is 2.37. The summed E-state index contributed by atoms with van der Waals surface area (Å²) in [5.74, 6) is 2.37. The SMILES string of the molecule is CCCCCCCCCCCCCCCCCCOc1[c]ccc(OCCCCCCCCCCCCCCCCCC)c1OCCCCCCCCCCCCCCCCCC. The van der Waals surface area contributed by atoms with Crippen LogP contribution in [0.1, 0.15) is 329 Å². The van der Waals surface area contributed by atoms with Crippen LogP contribution in [0.3, 0.4) is 0 Å². The quantitative estimate of drug-likeness (QED) is 0.0610. The molecule has 1 aromatic rings. The monoisotopic (exact) mass is 882 g/mol. The summed E-state index contributed by atoms with van der Waals surface area (Å²) < 4.78 is 19.2. The van der Waals surface area contributed by atoms with Gasteiger partial charge in [-0.25, -0.2) is 0 Å². The van der Waals surface area contributed by atoms with Crippen LogP contribution in [0.15, 0.2) is 12.1 Å². The third-order valence-electron chi connectivity index (χ3n) is 13.6. The van der Waals surface area contributed by atoms with E-state index in [-0.39, 0.29) is 0 Å². The van der Waals surface area contributed by atoms with Crippen LogP contribution < -0.4 is 14.2 Å². The molecular weight excluding hydrogens is 769 g/mol. The maximum Gasteiger partial charge on any atom is 0.204 e. The molecule has 371 valence electrons. The first kappa shape index (κ1) is 59.6. The van der Waals surface area contributed by atoms with Crippen molar-refractivity contribution in [3.63, 3.8) is 0 Å². The van der Waals surface area contributed by atoms with Crippen LogP contribution in [0.2, 0.25) is 0 Å². The molecule has 0 saturated heterocycles. The molecule has 3 heteroatoms. The Labute approximate surface area is 396 Å². The van der Waals surface area contributed by atoms with Crippen LogP contribution in [-0.2, 0) is 0 Å². The number of unbranched alkanes of at least 4 members (excludes halogenated alkanes) is 45. The largest absolute Gasteiger partial charge is 0.490 e. The Morgan fingerprint density at radius 3 is 0.762 bits per heavy atom. The van der Waals surface area contributed by atoms with E-state index in [4.69, 9.17) is 14.2 Å². The molecule has 1 rings (SSSR count). The molecule has 0 heterocycles. The smallest absolute Gasteiger partial charge is 0.204 e. The Morgan fingerprint density at radius 2 is 0.492 bits per heavy atom. The molecular formula is C60H113O3. The van der Waals surface area contributed by atoms with Gasteiger partial charge in [-0.3, -0.25) is 0 Å². The molecule has 0 spiro atoms. The molecule has 0 aromatic heterocycles. The molecule has 0 bridgehead atoms. The summed E-state index contributed by atoms with van der Waals surface area (Å²) in [4.78, 5) is 0. The Kier molecular flexibility index (Phi) is 48.8. The van der Waals surface area contributed by atoms with Gasteiger partial charge in [-0.2, -0.15) is 0 Å². The average Bonchev–Trinajstić information content (AvgIpc) is 3.30. The number of rotatable bonds is 54. The van der Waals surface area contributed by atoms with E-state index in [1.54, 1.807) is 0 Å². The van der Waals surface area contributed by atoms with E-state index in [0.29, 0.717) is 0 Å². The Morgan fingerprint density at radius 1 is 0.270 bits per heavy atom. The van der Waals surface area contributed by atoms with Gasteiger partial charge in [0.25, 0.3) is 0 Å². The van der Waals surface area contributed by atoms with Gasteiger partial charge in [0.1, 0.15) is 0 Å². The van der Waals surface area contributed by atoms with Gasteiger partial charge < -0.3 is 14.2 Å². The normalized spacial score (nSPS) is 11.5. The van der Waals surface area contributed by atoms with Crippen molar-refractivity contribution in [2.45, 2.75) is 329 Å². The van der Waals surface area contributed by atoms with Crippen molar-refractivity contribution in [1.82, 2.24) is 0 Å². The van der Waals surface area contributed by atoms with Crippen molar-refractivity contribution in [2.75, 3.05) is 19.8 Å². The molecule has 0 aliphatic rings. The Bertz CT molecular complexity index is 935. The molecule has 1 aromatic carbocycles. The number of hydrogen-bond acceptors (Lipinski definition) is 3. The van der Waals surface area contributed by atoms with Gasteiger partial charge in [-0.1, -0.05) is 310 Å². The highest BCUT2D eigenvalue weighted by molar-refractivity contribution is 5.50. The van der Waals surface area contributed by atoms with Crippen LogP contribution in [0, 0.1) is 6.07 Å². The number of hydrogen-bond donors (Lipinski definition) is 0. The Balaban J connectivity index is 2.29. The lowest BCUT2D eigenvalue weighted by molar-refractivity contribution is 0.234. The molecule has 0 fully saturated rings. The fourth-order valence-electron chi connectivity index (χ4n) is 9.28. The van der Waals surface area contributed by atoms with Crippen LogP contribution in [0.25, 0.3) is 0 Å².